The van der Waals surface area contributed by atoms with Crippen LogP contribution in [-0.4, -0.2) is 24.9 Å². The fourth-order valence-electron chi connectivity index (χ4n) is 0.672. The highest BCUT2D eigenvalue weighted by atomic mass is 15.5. The zero-order valence-corrected chi connectivity index (χ0v) is 8.04. The largest absolute Gasteiger partial charge is 0.299 e. The summed E-state index contributed by atoms with van der Waals surface area (Å²) in [6.07, 6.45) is 5.34. The van der Waals surface area contributed by atoms with Crippen molar-refractivity contribution in [2.75, 3.05) is 13.6 Å². The van der Waals surface area contributed by atoms with Gasteiger partial charge in [-0.2, -0.15) is 0 Å². The highest BCUT2D eigenvalue weighted by molar-refractivity contribution is 5.55. The maximum absolute atomic E-state index is 4.18. The van der Waals surface area contributed by atoms with Crippen LogP contribution in [0.4, 0.5) is 0 Å². The Kier molecular flexibility index (Phi) is 6.01. The van der Waals surface area contributed by atoms with Crippen molar-refractivity contribution >= 4 is 6.34 Å². The Labute approximate surface area is 74.5 Å². The summed E-state index contributed by atoms with van der Waals surface area (Å²) in [6, 6.07) is 0. The summed E-state index contributed by atoms with van der Waals surface area (Å²) < 4.78 is 0. The molecule has 12 heavy (non-hydrogen) atoms. The molecule has 0 amide bonds. The predicted molar refractivity (Wildman–Crippen MR) is 53.9 cm³/mol. The Bertz CT molecular complexity index is 178. The van der Waals surface area contributed by atoms with Crippen molar-refractivity contribution < 1.29 is 0 Å². The third-order valence-electron chi connectivity index (χ3n) is 1.39. The molecule has 0 fully saturated rings. The number of hydrazine groups is 1. The van der Waals surface area contributed by atoms with Crippen LogP contribution in [0.1, 0.15) is 13.8 Å². The average Bonchev–Trinajstić information content (AvgIpc) is 2.07. The van der Waals surface area contributed by atoms with Crippen LogP contribution < -0.4 is 5.43 Å². The molecule has 0 aromatic rings. The van der Waals surface area contributed by atoms with E-state index in [2.05, 4.69) is 23.9 Å². The van der Waals surface area contributed by atoms with Crippen LogP contribution in [0.5, 0.6) is 0 Å². The molecule has 68 valence electrons. The molecule has 0 aliphatic carbocycles. The molecule has 3 nitrogen and oxygen atoms in total. The number of hydrogen-bond acceptors (Lipinski definition) is 2. The lowest BCUT2D eigenvalue weighted by molar-refractivity contribution is 0.367. The summed E-state index contributed by atoms with van der Waals surface area (Å²) in [4.78, 5) is 4.18. The van der Waals surface area contributed by atoms with Crippen LogP contribution in [-0.2, 0) is 0 Å². The minimum absolute atomic E-state index is 0.890. The third-order valence-corrected chi connectivity index (χ3v) is 1.39. The molecule has 0 saturated carbocycles. The Morgan fingerprint density at radius 3 is 2.75 bits per heavy atom. The molecule has 0 atom stereocenters. The molecule has 0 aliphatic heterocycles. The van der Waals surface area contributed by atoms with E-state index in [1.165, 1.54) is 0 Å². The van der Waals surface area contributed by atoms with E-state index in [1.54, 1.807) is 12.4 Å². The van der Waals surface area contributed by atoms with Crippen LogP contribution in [0.2, 0.25) is 0 Å². The molecule has 0 heterocycles. The number of hydrogen-bond donors (Lipinski definition) is 1. The molecule has 0 rings (SSSR count). The SMILES string of the molecule is C=C/C=C(\C)N=CN(CC)NC. The smallest absolute Gasteiger partial charge is 0.105 e. The number of nitrogens with zero attached hydrogens (tertiary/aromatic N) is 2. The van der Waals surface area contributed by atoms with E-state index in [-0.39, 0.29) is 0 Å². The first-order chi connectivity index (χ1) is 5.74. The molecule has 0 aromatic carbocycles. The predicted octanol–water partition coefficient (Wildman–Crippen LogP) is 1.56. The zero-order chi connectivity index (χ0) is 9.40. The van der Waals surface area contributed by atoms with Gasteiger partial charge in [-0.1, -0.05) is 12.7 Å². The molecule has 0 saturated heterocycles. The zero-order valence-electron chi connectivity index (χ0n) is 8.04. The minimum atomic E-state index is 0.890. The van der Waals surface area contributed by atoms with E-state index >= 15 is 0 Å². The van der Waals surface area contributed by atoms with Gasteiger partial charge in [-0.05, 0) is 19.9 Å². The van der Waals surface area contributed by atoms with Crippen molar-refractivity contribution in [3.63, 3.8) is 0 Å². The van der Waals surface area contributed by atoms with Crippen LogP contribution in [0.15, 0.2) is 29.4 Å². The van der Waals surface area contributed by atoms with Crippen molar-refractivity contribution in [2.24, 2.45) is 4.99 Å². The highest BCUT2D eigenvalue weighted by Crippen LogP contribution is 1.92. The van der Waals surface area contributed by atoms with Crippen molar-refractivity contribution in [1.29, 1.82) is 0 Å². The summed E-state index contributed by atoms with van der Waals surface area (Å²) in [5, 5.41) is 1.89. The second kappa shape index (κ2) is 6.61. The van der Waals surface area contributed by atoms with Gasteiger partial charge in [0, 0.05) is 19.3 Å². The number of allylic oxidation sites excluding steroid dienone is 3. The Morgan fingerprint density at radius 1 is 1.67 bits per heavy atom. The van der Waals surface area contributed by atoms with Crippen molar-refractivity contribution in [3.8, 4) is 0 Å². The van der Waals surface area contributed by atoms with Crippen LogP contribution >= 0.6 is 0 Å². The Morgan fingerprint density at radius 2 is 2.33 bits per heavy atom. The van der Waals surface area contributed by atoms with E-state index in [9.17, 15) is 0 Å². The average molecular weight is 167 g/mol. The molecule has 0 bridgehead atoms. The molecule has 0 aromatic heterocycles. The second-order valence-electron chi connectivity index (χ2n) is 2.30. The van der Waals surface area contributed by atoms with Gasteiger partial charge in [0.1, 0.15) is 6.34 Å². The number of nitrogens with one attached hydrogen (secondary N) is 1. The lowest BCUT2D eigenvalue weighted by Crippen LogP contribution is -2.33. The maximum Gasteiger partial charge on any atom is 0.105 e. The summed E-state index contributed by atoms with van der Waals surface area (Å²) in [5.41, 5.74) is 3.92. The fraction of sp³-hybridized carbons (Fsp3) is 0.444. The van der Waals surface area contributed by atoms with Gasteiger partial charge >= 0.3 is 0 Å². The first kappa shape index (κ1) is 10.9. The van der Waals surface area contributed by atoms with Crippen molar-refractivity contribution in [2.45, 2.75) is 13.8 Å². The third kappa shape index (κ3) is 4.68. The van der Waals surface area contributed by atoms with Gasteiger partial charge in [0.25, 0.3) is 0 Å². The van der Waals surface area contributed by atoms with Gasteiger partial charge in [0.2, 0.25) is 0 Å². The summed E-state index contributed by atoms with van der Waals surface area (Å²) in [7, 11) is 1.86. The van der Waals surface area contributed by atoms with Gasteiger partial charge in [-0.25, -0.2) is 10.4 Å². The van der Waals surface area contributed by atoms with Crippen LogP contribution in [0.3, 0.4) is 0 Å². The Balaban J connectivity index is 4.02. The van der Waals surface area contributed by atoms with Gasteiger partial charge in [-0.15, -0.1) is 0 Å². The minimum Gasteiger partial charge on any atom is -0.299 e. The molecule has 0 radical (unpaired) electrons. The van der Waals surface area contributed by atoms with E-state index in [0.29, 0.717) is 0 Å². The molecule has 1 N–H and O–H groups in total. The number of rotatable bonds is 5. The van der Waals surface area contributed by atoms with E-state index in [4.69, 9.17) is 0 Å². The highest BCUT2D eigenvalue weighted by Gasteiger charge is 1.88. The summed E-state index contributed by atoms with van der Waals surface area (Å²) in [5.74, 6) is 0. The van der Waals surface area contributed by atoms with E-state index in [0.717, 1.165) is 12.2 Å². The first-order valence-corrected chi connectivity index (χ1v) is 4.02. The van der Waals surface area contributed by atoms with Crippen molar-refractivity contribution in [3.05, 3.63) is 24.4 Å². The van der Waals surface area contributed by atoms with Crippen LogP contribution in [0.25, 0.3) is 0 Å². The van der Waals surface area contributed by atoms with E-state index in [1.807, 2.05) is 25.1 Å². The fourth-order valence-corrected chi connectivity index (χ4v) is 0.672. The normalized spacial score (nSPS) is 12.1. The maximum atomic E-state index is 4.18. The summed E-state index contributed by atoms with van der Waals surface area (Å²) in [6.45, 7) is 8.46. The molecule has 0 spiro atoms. The summed E-state index contributed by atoms with van der Waals surface area (Å²) >= 11 is 0. The monoisotopic (exact) mass is 167 g/mol. The molecular weight excluding hydrogens is 150 g/mol. The van der Waals surface area contributed by atoms with Gasteiger partial charge < -0.3 is 0 Å². The molecule has 0 unspecified atom stereocenters. The first-order valence-electron chi connectivity index (χ1n) is 4.02. The lowest BCUT2D eigenvalue weighted by atomic mass is 10.4. The topological polar surface area (TPSA) is 27.6 Å². The number of aliphatic imine (C=N–C) groups is 1. The lowest BCUT2D eigenvalue weighted by Gasteiger charge is -2.14. The standard InChI is InChI=1S/C9H17N3/c1-5-7-9(3)11-8-12(6-2)10-4/h5,7-8,10H,1,6H2,2-4H3/b9-7+,11-8?. The molecule has 3 heteroatoms. The molecular formula is C9H17N3. The molecule has 0 aliphatic rings. The van der Waals surface area contributed by atoms with Gasteiger partial charge in [0.05, 0.1) is 0 Å². The Hall–Kier alpha value is -1.09. The van der Waals surface area contributed by atoms with Gasteiger partial charge in [-0.3, -0.25) is 5.01 Å². The van der Waals surface area contributed by atoms with Crippen LogP contribution in [0, 0.1) is 0 Å². The second-order valence-corrected chi connectivity index (χ2v) is 2.30. The van der Waals surface area contributed by atoms with Crippen molar-refractivity contribution in [1.82, 2.24) is 10.4 Å². The van der Waals surface area contributed by atoms with E-state index < -0.39 is 0 Å². The van der Waals surface area contributed by atoms with Gasteiger partial charge in [0.15, 0.2) is 0 Å². The quantitative estimate of drug-likeness (QED) is 0.291.